The fourth-order valence-corrected chi connectivity index (χ4v) is 4.55. The second-order valence-corrected chi connectivity index (χ2v) is 7.33. The molecule has 3 atom stereocenters. The van der Waals surface area contributed by atoms with Crippen LogP contribution in [0.15, 0.2) is 30.3 Å². The largest absolute Gasteiger partial charge is 0.391 e. The number of carbonyl (C=O) groups excluding carboxylic acids is 1. The number of hydrogen-bond acceptors (Lipinski definition) is 5. The predicted octanol–water partition coefficient (Wildman–Crippen LogP) is 2.31. The fraction of sp³-hybridized carbons (Fsp3) is 0.381. The number of fused-ring (bicyclic) bond motifs is 2. The predicted molar refractivity (Wildman–Crippen MR) is 98.4 cm³/mol. The number of aliphatic hydroxyl groups is 1. The molecule has 3 heterocycles. The maximum absolute atomic E-state index is 13.0. The van der Waals surface area contributed by atoms with Crippen molar-refractivity contribution in [2.24, 2.45) is 0 Å². The van der Waals surface area contributed by atoms with Gasteiger partial charge in [0.2, 0.25) is 0 Å². The van der Waals surface area contributed by atoms with Gasteiger partial charge in [0, 0.05) is 29.0 Å². The Bertz CT molecular complexity index is 977. The molecule has 2 fully saturated rings. The second-order valence-electron chi connectivity index (χ2n) is 7.33. The molecule has 3 unspecified atom stereocenters. The molecule has 0 radical (unpaired) electrons. The molecule has 1 aromatic heterocycles. The quantitative estimate of drug-likeness (QED) is 0.845. The van der Waals surface area contributed by atoms with Crippen molar-refractivity contribution in [3.8, 4) is 17.8 Å². The molecule has 2 aromatic rings. The van der Waals surface area contributed by atoms with Gasteiger partial charge in [0.1, 0.15) is 11.8 Å². The van der Waals surface area contributed by atoms with E-state index < -0.39 is 0 Å². The van der Waals surface area contributed by atoms with Crippen molar-refractivity contribution in [3.63, 3.8) is 0 Å². The highest BCUT2D eigenvalue weighted by Gasteiger charge is 2.46. The molecule has 0 spiro atoms. The molecular formula is C21H20N4O2. The van der Waals surface area contributed by atoms with Crippen LogP contribution in [-0.2, 0) is 0 Å². The summed E-state index contributed by atoms with van der Waals surface area (Å²) in [6.45, 7) is 2.11. The Labute approximate surface area is 157 Å². The number of nitrogens with zero attached hydrogens (tertiary/aromatic N) is 4. The van der Waals surface area contributed by atoms with Crippen molar-refractivity contribution in [1.29, 1.82) is 10.5 Å². The van der Waals surface area contributed by atoms with Crippen LogP contribution < -0.4 is 0 Å². The molecular weight excluding hydrogens is 340 g/mol. The maximum atomic E-state index is 13.0. The highest BCUT2D eigenvalue weighted by Crippen LogP contribution is 2.37. The first kappa shape index (κ1) is 17.5. The number of carbonyl (C=O) groups is 1. The highest BCUT2D eigenvalue weighted by atomic mass is 16.3. The number of ketones is 1. The fourth-order valence-electron chi connectivity index (χ4n) is 4.55. The van der Waals surface area contributed by atoms with Crippen LogP contribution in [0.25, 0.3) is 5.69 Å². The average Bonchev–Trinajstić information content (AvgIpc) is 3.31. The van der Waals surface area contributed by atoms with Crippen LogP contribution in [0.5, 0.6) is 0 Å². The number of nitriles is 2. The van der Waals surface area contributed by atoms with Crippen LogP contribution in [0.4, 0.5) is 0 Å². The highest BCUT2D eigenvalue weighted by molar-refractivity contribution is 5.99. The van der Waals surface area contributed by atoms with Gasteiger partial charge in [0.25, 0.3) is 0 Å². The molecule has 6 heteroatoms. The van der Waals surface area contributed by atoms with Crippen molar-refractivity contribution in [3.05, 3.63) is 52.8 Å². The molecule has 2 saturated heterocycles. The lowest BCUT2D eigenvalue weighted by molar-refractivity contribution is 0.0873. The van der Waals surface area contributed by atoms with Gasteiger partial charge >= 0.3 is 0 Å². The van der Waals surface area contributed by atoms with Gasteiger partial charge < -0.3 is 9.67 Å². The van der Waals surface area contributed by atoms with E-state index in [4.69, 9.17) is 5.26 Å². The van der Waals surface area contributed by atoms with Gasteiger partial charge in [-0.1, -0.05) is 0 Å². The molecule has 0 saturated carbocycles. The molecule has 0 aliphatic carbocycles. The molecule has 6 nitrogen and oxygen atoms in total. The molecule has 2 aliphatic heterocycles. The number of benzene rings is 1. The van der Waals surface area contributed by atoms with Gasteiger partial charge in [-0.05, 0) is 56.5 Å². The second kappa shape index (κ2) is 6.66. The summed E-state index contributed by atoms with van der Waals surface area (Å²) in [6, 6.07) is 13.2. The summed E-state index contributed by atoms with van der Waals surface area (Å²) in [7, 11) is 0. The Hall–Kier alpha value is -2.93. The molecule has 1 N–H and O–H groups in total. The summed E-state index contributed by atoms with van der Waals surface area (Å²) >= 11 is 0. The lowest BCUT2D eigenvalue weighted by atomic mass is 9.98. The van der Waals surface area contributed by atoms with Crippen LogP contribution in [0.2, 0.25) is 0 Å². The van der Waals surface area contributed by atoms with Crippen LogP contribution >= 0.6 is 0 Å². The normalized spacial score (nSPS) is 23.9. The van der Waals surface area contributed by atoms with Gasteiger partial charge in [-0.3, -0.25) is 9.69 Å². The van der Waals surface area contributed by atoms with Crippen LogP contribution in [-0.4, -0.2) is 45.1 Å². The summed E-state index contributed by atoms with van der Waals surface area (Å²) in [6.07, 6.45) is 2.37. The smallest absolute Gasteiger partial charge is 0.178 e. The summed E-state index contributed by atoms with van der Waals surface area (Å²) < 4.78 is 1.75. The Kier molecular flexibility index (Phi) is 4.31. The Morgan fingerprint density at radius 2 is 1.96 bits per heavy atom. The minimum Gasteiger partial charge on any atom is -0.391 e. The van der Waals surface area contributed by atoms with Crippen molar-refractivity contribution in [2.75, 3.05) is 6.54 Å². The lowest BCUT2D eigenvalue weighted by Crippen LogP contribution is -2.36. The van der Waals surface area contributed by atoms with Gasteiger partial charge in [0.15, 0.2) is 5.78 Å². The van der Waals surface area contributed by atoms with Gasteiger partial charge in [-0.2, -0.15) is 10.5 Å². The van der Waals surface area contributed by atoms with E-state index in [2.05, 4.69) is 17.0 Å². The van der Waals surface area contributed by atoms with E-state index >= 15 is 0 Å². The Morgan fingerprint density at radius 3 is 2.52 bits per heavy atom. The van der Waals surface area contributed by atoms with Gasteiger partial charge in [0.05, 0.1) is 24.3 Å². The third-order valence-electron chi connectivity index (χ3n) is 5.89. The number of Topliss-reactive ketones (excluding diaryl/α,β-unsaturated/α-hetero) is 1. The third kappa shape index (κ3) is 2.84. The van der Waals surface area contributed by atoms with Crippen molar-refractivity contribution in [2.45, 2.75) is 44.4 Å². The third-order valence-corrected chi connectivity index (χ3v) is 5.89. The minimum absolute atomic E-state index is 0.0256. The van der Waals surface area contributed by atoms with E-state index in [1.54, 1.807) is 34.9 Å². The summed E-state index contributed by atoms with van der Waals surface area (Å²) in [5.41, 5.74) is 2.94. The van der Waals surface area contributed by atoms with Crippen LogP contribution in [0, 0.1) is 29.6 Å². The summed E-state index contributed by atoms with van der Waals surface area (Å²) in [5.74, 6) is -0.0256. The van der Waals surface area contributed by atoms with Crippen molar-refractivity contribution >= 4 is 5.78 Å². The number of aromatic nitrogens is 1. The Balaban J connectivity index is 1.64. The van der Waals surface area contributed by atoms with E-state index in [9.17, 15) is 15.2 Å². The SMILES string of the molecule is Cc1c(C(=O)CN2C3CCC2C(O)C3)cc(C#N)n1-c1ccc(C#N)cc1. The zero-order chi connectivity index (χ0) is 19.1. The zero-order valence-electron chi connectivity index (χ0n) is 15.1. The maximum Gasteiger partial charge on any atom is 0.178 e. The van der Waals surface area contributed by atoms with Crippen LogP contribution in [0.1, 0.15) is 46.6 Å². The Morgan fingerprint density at radius 1 is 1.22 bits per heavy atom. The first-order valence-corrected chi connectivity index (χ1v) is 9.13. The summed E-state index contributed by atoms with van der Waals surface area (Å²) in [4.78, 5) is 15.1. The molecule has 2 bridgehead atoms. The topological polar surface area (TPSA) is 93.1 Å². The summed E-state index contributed by atoms with van der Waals surface area (Å²) in [5, 5.41) is 28.6. The first-order chi connectivity index (χ1) is 13.0. The molecule has 2 aliphatic rings. The van der Waals surface area contributed by atoms with Crippen LogP contribution in [0.3, 0.4) is 0 Å². The average molecular weight is 360 g/mol. The van der Waals surface area contributed by atoms with Gasteiger partial charge in [-0.25, -0.2) is 0 Å². The van der Waals surface area contributed by atoms with E-state index in [1.165, 1.54) is 0 Å². The van der Waals surface area contributed by atoms with Gasteiger partial charge in [-0.15, -0.1) is 0 Å². The van der Waals surface area contributed by atoms with E-state index in [0.717, 1.165) is 24.9 Å². The first-order valence-electron chi connectivity index (χ1n) is 9.13. The standard InChI is InChI=1S/C21H20N4O2/c1-13-18(21(27)12-24-16-6-7-19(24)20(26)9-16)8-17(11-23)25(13)15-4-2-14(10-22)3-5-15/h2-5,8,16,19-20,26H,6-7,9,12H2,1H3. The van der Waals surface area contributed by atoms with E-state index in [-0.39, 0.29) is 30.5 Å². The molecule has 1 aromatic carbocycles. The number of aliphatic hydroxyl groups excluding tert-OH is 1. The van der Waals surface area contributed by atoms with Crippen molar-refractivity contribution in [1.82, 2.24) is 9.47 Å². The molecule has 4 rings (SSSR count). The van der Waals surface area contributed by atoms with E-state index in [1.807, 2.05) is 6.92 Å². The molecule has 0 amide bonds. The molecule has 27 heavy (non-hydrogen) atoms. The zero-order valence-corrected chi connectivity index (χ0v) is 15.1. The monoisotopic (exact) mass is 360 g/mol. The molecule has 136 valence electrons. The number of hydrogen-bond donors (Lipinski definition) is 1. The lowest BCUT2D eigenvalue weighted by Gasteiger charge is -2.21. The number of rotatable bonds is 4. The van der Waals surface area contributed by atoms with E-state index in [0.29, 0.717) is 22.5 Å². The van der Waals surface area contributed by atoms with Crippen molar-refractivity contribution < 1.29 is 9.90 Å². The minimum atomic E-state index is -0.337.